The average molecular weight is 254 g/mol. The molecule has 0 atom stereocenters. The van der Waals surface area contributed by atoms with E-state index >= 15 is 0 Å². The second kappa shape index (κ2) is 9.82. The molecule has 1 rings (SSSR count). The SMILES string of the molecule is COCCOCCOCCCc1ccnc(N)c1. The van der Waals surface area contributed by atoms with Crippen LogP contribution in [0.4, 0.5) is 5.82 Å². The van der Waals surface area contributed by atoms with Crippen LogP contribution in [0.1, 0.15) is 12.0 Å². The molecular formula is C13H22N2O3. The highest BCUT2D eigenvalue weighted by Crippen LogP contribution is 2.05. The number of pyridine rings is 1. The summed E-state index contributed by atoms with van der Waals surface area (Å²) in [5.74, 6) is 0.569. The molecule has 0 bridgehead atoms. The zero-order chi connectivity index (χ0) is 13.1. The Morgan fingerprint density at radius 2 is 1.83 bits per heavy atom. The van der Waals surface area contributed by atoms with E-state index in [1.165, 1.54) is 5.56 Å². The van der Waals surface area contributed by atoms with Gasteiger partial charge in [0.1, 0.15) is 5.82 Å². The maximum Gasteiger partial charge on any atom is 0.123 e. The lowest BCUT2D eigenvalue weighted by Crippen LogP contribution is -2.09. The third kappa shape index (κ3) is 7.21. The van der Waals surface area contributed by atoms with Crippen LogP contribution < -0.4 is 5.73 Å². The van der Waals surface area contributed by atoms with Gasteiger partial charge in [0.2, 0.25) is 0 Å². The average Bonchev–Trinajstić information content (AvgIpc) is 2.37. The summed E-state index contributed by atoms with van der Waals surface area (Å²) in [6, 6.07) is 3.87. The summed E-state index contributed by atoms with van der Waals surface area (Å²) in [4.78, 5) is 3.95. The predicted molar refractivity (Wildman–Crippen MR) is 70.5 cm³/mol. The largest absolute Gasteiger partial charge is 0.384 e. The van der Waals surface area contributed by atoms with Crippen molar-refractivity contribution in [2.24, 2.45) is 0 Å². The van der Waals surface area contributed by atoms with Crippen molar-refractivity contribution >= 4 is 5.82 Å². The maximum atomic E-state index is 5.60. The number of nitrogen functional groups attached to an aromatic ring is 1. The summed E-state index contributed by atoms with van der Waals surface area (Å²) < 4.78 is 15.6. The Balaban J connectivity index is 1.92. The molecule has 0 aromatic carbocycles. The van der Waals surface area contributed by atoms with Gasteiger partial charge in [-0.1, -0.05) is 0 Å². The van der Waals surface area contributed by atoms with Gasteiger partial charge >= 0.3 is 0 Å². The molecule has 0 unspecified atom stereocenters. The number of rotatable bonds is 10. The molecule has 0 saturated heterocycles. The van der Waals surface area contributed by atoms with Gasteiger partial charge < -0.3 is 19.9 Å². The van der Waals surface area contributed by atoms with Gasteiger partial charge in [0, 0.05) is 19.9 Å². The number of hydrogen-bond acceptors (Lipinski definition) is 5. The molecule has 18 heavy (non-hydrogen) atoms. The third-order valence-corrected chi connectivity index (χ3v) is 2.40. The number of aromatic nitrogens is 1. The van der Waals surface area contributed by atoms with Crippen LogP contribution in [0.3, 0.4) is 0 Å². The molecule has 1 aromatic rings. The van der Waals surface area contributed by atoms with Crippen molar-refractivity contribution in [3.63, 3.8) is 0 Å². The molecule has 0 radical (unpaired) electrons. The van der Waals surface area contributed by atoms with Crippen LogP contribution in [-0.4, -0.2) is 45.1 Å². The number of nitrogens with zero attached hydrogens (tertiary/aromatic N) is 1. The van der Waals surface area contributed by atoms with Gasteiger partial charge in [-0.3, -0.25) is 0 Å². The van der Waals surface area contributed by atoms with Crippen molar-refractivity contribution in [3.8, 4) is 0 Å². The quantitative estimate of drug-likeness (QED) is 0.637. The van der Waals surface area contributed by atoms with Crippen molar-refractivity contribution in [1.29, 1.82) is 0 Å². The second-order valence-electron chi connectivity index (χ2n) is 3.91. The van der Waals surface area contributed by atoms with Gasteiger partial charge in [-0.25, -0.2) is 4.98 Å². The molecule has 0 fully saturated rings. The van der Waals surface area contributed by atoms with Crippen LogP contribution in [0.15, 0.2) is 18.3 Å². The minimum Gasteiger partial charge on any atom is -0.384 e. The molecule has 5 heteroatoms. The van der Waals surface area contributed by atoms with Gasteiger partial charge in [-0.05, 0) is 30.5 Å². The first-order valence-corrected chi connectivity index (χ1v) is 6.18. The van der Waals surface area contributed by atoms with Crippen LogP contribution in [0.2, 0.25) is 0 Å². The summed E-state index contributed by atoms with van der Waals surface area (Å²) in [6.07, 6.45) is 3.66. The Hall–Kier alpha value is -1.17. The number of aryl methyl sites for hydroxylation is 1. The minimum atomic E-state index is 0.569. The second-order valence-corrected chi connectivity index (χ2v) is 3.91. The zero-order valence-corrected chi connectivity index (χ0v) is 10.9. The predicted octanol–water partition coefficient (Wildman–Crippen LogP) is 1.28. The Morgan fingerprint density at radius 3 is 2.56 bits per heavy atom. The van der Waals surface area contributed by atoms with Gasteiger partial charge in [0.15, 0.2) is 0 Å². The van der Waals surface area contributed by atoms with Crippen molar-refractivity contribution in [3.05, 3.63) is 23.9 Å². The Labute approximate surface area is 108 Å². The van der Waals surface area contributed by atoms with Crippen LogP contribution in [-0.2, 0) is 20.6 Å². The third-order valence-electron chi connectivity index (χ3n) is 2.40. The Bertz CT molecular complexity index is 321. The van der Waals surface area contributed by atoms with E-state index in [2.05, 4.69) is 4.98 Å². The highest BCUT2D eigenvalue weighted by Gasteiger charge is 1.95. The first-order chi connectivity index (χ1) is 8.83. The van der Waals surface area contributed by atoms with Crippen molar-refractivity contribution in [2.75, 3.05) is 45.9 Å². The highest BCUT2D eigenvalue weighted by molar-refractivity contribution is 5.31. The molecule has 0 aliphatic rings. The van der Waals surface area contributed by atoms with Crippen molar-refractivity contribution in [2.45, 2.75) is 12.8 Å². The van der Waals surface area contributed by atoms with Crippen LogP contribution in [0.5, 0.6) is 0 Å². The van der Waals surface area contributed by atoms with Gasteiger partial charge in [-0.15, -0.1) is 0 Å². The number of methoxy groups -OCH3 is 1. The number of nitrogens with two attached hydrogens (primary N) is 1. The molecule has 102 valence electrons. The van der Waals surface area contributed by atoms with Gasteiger partial charge in [0.05, 0.1) is 26.4 Å². The highest BCUT2D eigenvalue weighted by atomic mass is 16.5. The molecule has 0 amide bonds. The molecule has 0 saturated carbocycles. The standard InChI is InChI=1S/C13H22N2O3/c1-16-7-8-18-10-9-17-6-2-3-12-4-5-15-13(14)11-12/h4-5,11H,2-3,6-10H2,1H3,(H2,14,15). The number of hydrogen-bond donors (Lipinski definition) is 1. The fourth-order valence-electron chi connectivity index (χ4n) is 1.49. The lowest BCUT2D eigenvalue weighted by Gasteiger charge is -2.05. The summed E-state index contributed by atoms with van der Waals surface area (Å²) in [7, 11) is 1.66. The molecule has 0 spiro atoms. The van der Waals surface area contributed by atoms with E-state index in [4.69, 9.17) is 19.9 Å². The van der Waals surface area contributed by atoms with Crippen LogP contribution >= 0.6 is 0 Å². The van der Waals surface area contributed by atoms with Gasteiger partial charge in [-0.2, -0.15) is 0 Å². The molecule has 1 aromatic heterocycles. The number of ether oxygens (including phenoxy) is 3. The molecular weight excluding hydrogens is 232 g/mol. The molecule has 1 heterocycles. The molecule has 0 aliphatic heterocycles. The van der Waals surface area contributed by atoms with Crippen molar-refractivity contribution < 1.29 is 14.2 Å². The zero-order valence-electron chi connectivity index (χ0n) is 10.9. The van der Waals surface area contributed by atoms with E-state index in [-0.39, 0.29) is 0 Å². The summed E-state index contributed by atoms with van der Waals surface area (Å²) in [5.41, 5.74) is 6.80. The monoisotopic (exact) mass is 254 g/mol. The van der Waals surface area contributed by atoms with Crippen LogP contribution in [0.25, 0.3) is 0 Å². The topological polar surface area (TPSA) is 66.6 Å². The van der Waals surface area contributed by atoms with E-state index in [1.807, 2.05) is 12.1 Å². The lowest BCUT2D eigenvalue weighted by molar-refractivity contribution is 0.0244. The molecule has 0 aliphatic carbocycles. The summed E-state index contributed by atoms with van der Waals surface area (Å²) in [5, 5.41) is 0. The first kappa shape index (κ1) is 14.9. The molecule has 5 nitrogen and oxygen atoms in total. The van der Waals surface area contributed by atoms with E-state index in [1.54, 1.807) is 13.3 Å². The smallest absolute Gasteiger partial charge is 0.123 e. The fourth-order valence-corrected chi connectivity index (χ4v) is 1.49. The Kier molecular flexibility index (Phi) is 8.12. The van der Waals surface area contributed by atoms with Crippen LogP contribution in [0, 0.1) is 0 Å². The van der Waals surface area contributed by atoms with E-state index in [0.29, 0.717) is 32.2 Å². The van der Waals surface area contributed by atoms with E-state index < -0.39 is 0 Å². The summed E-state index contributed by atoms with van der Waals surface area (Å²) >= 11 is 0. The van der Waals surface area contributed by atoms with E-state index in [9.17, 15) is 0 Å². The summed E-state index contributed by atoms with van der Waals surface area (Å²) in [6.45, 7) is 3.23. The fraction of sp³-hybridized carbons (Fsp3) is 0.615. The molecule has 2 N–H and O–H groups in total. The maximum absolute atomic E-state index is 5.60. The lowest BCUT2D eigenvalue weighted by atomic mass is 10.1. The number of anilines is 1. The van der Waals surface area contributed by atoms with Crippen molar-refractivity contribution in [1.82, 2.24) is 4.98 Å². The minimum absolute atomic E-state index is 0.569. The van der Waals surface area contributed by atoms with E-state index in [0.717, 1.165) is 19.4 Å². The Morgan fingerprint density at radius 1 is 1.11 bits per heavy atom. The first-order valence-electron chi connectivity index (χ1n) is 6.18. The van der Waals surface area contributed by atoms with Gasteiger partial charge in [0.25, 0.3) is 0 Å². The normalized spacial score (nSPS) is 10.7.